The molecule has 0 radical (unpaired) electrons. The van der Waals surface area contributed by atoms with E-state index in [-0.39, 0.29) is 12.2 Å². The smallest absolute Gasteiger partial charge is 0.0962 e. The molecule has 0 bridgehead atoms. The van der Waals surface area contributed by atoms with Gasteiger partial charge in [-0.15, -0.1) is 0 Å². The molecule has 120 valence electrons. The molecule has 0 N–H and O–H groups in total. The summed E-state index contributed by atoms with van der Waals surface area (Å²) >= 11 is 3.60. The quantitative estimate of drug-likeness (QED) is 0.374. The highest BCUT2D eigenvalue weighted by Crippen LogP contribution is 2.33. The van der Waals surface area contributed by atoms with Crippen molar-refractivity contribution in [2.45, 2.75) is 36.8 Å². The highest BCUT2D eigenvalue weighted by molar-refractivity contribution is 9.09. The van der Waals surface area contributed by atoms with Gasteiger partial charge in [-0.2, -0.15) is 0 Å². The van der Waals surface area contributed by atoms with Gasteiger partial charge in [0.25, 0.3) is 0 Å². The van der Waals surface area contributed by atoms with Crippen LogP contribution in [-0.2, 0) is 23.7 Å². The van der Waals surface area contributed by atoms with Gasteiger partial charge in [0.15, 0.2) is 0 Å². The molecule has 0 heterocycles. The highest BCUT2D eigenvalue weighted by atomic mass is 79.9. The second-order valence-corrected chi connectivity index (χ2v) is 5.89. The normalized spacial score (nSPS) is 25.6. The van der Waals surface area contributed by atoms with Gasteiger partial charge in [-0.3, -0.25) is 0 Å². The maximum atomic E-state index is 5.76. The summed E-state index contributed by atoms with van der Waals surface area (Å²) in [5.74, 6) is 0. The van der Waals surface area contributed by atoms with Crippen molar-refractivity contribution in [3.63, 3.8) is 0 Å². The fraction of sp³-hybridized carbons (Fsp3) is 1.00. The van der Waals surface area contributed by atoms with E-state index >= 15 is 0 Å². The van der Waals surface area contributed by atoms with Crippen molar-refractivity contribution in [3.8, 4) is 0 Å². The number of methoxy groups -OCH3 is 1. The molecule has 1 aliphatic carbocycles. The summed E-state index contributed by atoms with van der Waals surface area (Å²) in [5.41, 5.74) is 0. The Morgan fingerprint density at radius 2 is 1.55 bits per heavy atom. The van der Waals surface area contributed by atoms with Crippen LogP contribution in [0.2, 0.25) is 0 Å². The molecule has 0 aromatic carbocycles. The molecule has 5 nitrogen and oxygen atoms in total. The van der Waals surface area contributed by atoms with Gasteiger partial charge < -0.3 is 23.7 Å². The molecule has 0 amide bonds. The lowest BCUT2D eigenvalue weighted by atomic mass is 9.91. The Bertz CT molecular complexity index is 230. The number of hydrogen-bond donors (Lipinski definition) is 0. The number of rotatable bonds is 13. The molecule has 1 rings (SSSR count). The van der Waals surface area contributed by atoms with Crippen LogP contribution >= 0.6 is 15.9 Å². The van der Waals surface area contributed by atoms with Crippen molar-refractivity contribution in [2.75, 3.05) is 53.4 Å². The summed E-state index contributed by atoms with van der Waals surface area (Å²) in [4.78, 5) is 0.425. The molecule has 0 aromatic rings. The van der Waals surface area contributed by atoms with Crippen molar-refractivity contribution in [1.29, 1.82) is 0 Å². The van der Waals surface area contributed by atoms with Crippen LogP contribution in [0.5, 0.6) is 0 Å². The second kappa shape index (κ2) is 11.9. The Morgan fingerprint density at radius 1 is 0.900 bits per heavy atom. The minimum Gasteiger partial charge on any atom is -0.382 e. The van der Waals surface area contributed by atoms with Crippen LogP contribution in [0.25, 0.3) is 0 Å². The highest BCUT2D eigenvalue weighted by Gasteiger charge is 2.41. The van der Waals surface area contributed by atoms with E-state index in [9.17, 15) is 0 Å². The zero-order chi connectivity index (χ0) is 14.6. The number of halogens is 1. The molecular weight excluding hydrogens is 328 g/mol. The minimum atomic E-state index is 0.187. The SMILES string of the molecule is CCCOC1C(Br)CC1OCCOCCOCCOC. The third kappa shape index (κ3) is 7.33. The first-order valence-corrected chi connectivity index (χ1v) is 8.22. The first-order chi connectivity index (χ1) is 9.79. The first-order valence-electron chi connectivity index (χ1n) is 7.31. The van der Waals surface area contributed by atoms with E-state index in [2.05, 4.69) is 22.9 Å². The van der Waals surface area contributed by atoms with Gasteiger partial charge >= 0.3 is 0 Å². The van der Waals surface area contributed by atoms with Crippen LogP contribution < -0.4 is 0 Å². The van der Waals surface area contributed by atoms with Crippen molar-refractivity contribution >= 4 is 15.9 Å². The van der Waals surface area contributed by atoms with Crippen molar-refractivity contribution in [3.05, 3.63) is 0 Å². The molecule has 3 atom stereocenters. The standard InChI is InChI=1S/C14H27BrO5/c1-3-4-20-14-12(15)11-13(14)19-10-9-18-8-7-17-6-5-16-2/h12-14H,3-11H2,1-2H3. The van der Waals surface area contributed by atoms with Crippen molar-refractivity contribution in [1.82, 2.24) is 0 Å². The fourth-order valence-electron chi connectivity index (χ4n) is 1.88. The van der Waals surface area contributed by atoms with E-state index in [1.54, 1.807) is 7.11 Å². The van der Waals surface area contributed by atoms with Crippen LogP contribution in [0.4, 0.5) is 0 Å². The first kappa shape index (κ1) is 18.3. The zero-order valence-electron chi connectivity index (χ0n) is 12.5. The Hall–Kier alpha value is 0.280. The van der Waals surface area contributed by atoms with Crippen molar-refractivity contribution in [2.24, 2.45) is 0 Å². The summed E-state index contributed by atoms with van der Waals surface area (Å²) in [6, 6.07) is 0. The van der Waals surface area contributed by atoms with Crippen LogP contribution in [0.3, 0.4) is 0 Å². The summed E-state index contributed by atoms with van der Waals surface area (Å²) in [7, 11) is 1.66. The Balaban J connectivity index is 1.88. The molecule has 1 aliphatic rings. The van der Waals surface area contributed by atoms with Crippen LogP contribution in [-0.4, -0.2) is 70.4 Å². The third-order valence-corrected chi connectivity index (χ3v) is 3.95. The summed E-state index contributed by atoms with van der Waals surface area (Å²) in [6.45, 7) is 6.53. The topological polar surface area (TPSA) is 46.2 Å². The molecule has 1 fully saturated rings. The predicted octanol–water partition coefficient (Wildman–Crippen LogP) is 2.01. The van der Waals surface area contributed by atoms with E-state index < -0.39 is 0 Å². The lowest BCUT2D eigenvalue weighted by molar-refractivity contribution is -0.129. The second-order valence-electron chi connectivity index (χ2n) is 4.71. The van der Waals surface area contributed by atoms with E-state index in [1.807, 2.05) is 0 Å². The molecule has 1 saturated carbocycles. The lowest BCUT2D eigenvalue weighted by Crippen LogP contribution is -2.51. The van der Waals surface area contributed by atoms with Gasteiger partial charge in [0.1, 0.15) is 0 Å². The van der Waals surface area contributed by atoms with E-state index in [0.717, 1.165) is 19.4 Å². The molecule has 0 spiro atoms. The summed E-state index contributed by atoms with van der Waals surface area (Å²) < 4.78 is 27.1. The van der Waals surface area contributed by atoms with Gasteiger partial charge in [-0.25, -0.2) is 0 Å². The van der Waals surface area contributed by atoms with Crippen LogP contribution in [0, 0.1) is 0 Å². The van der Waals surface area contributed by atoms with Crippen LogP contribution in [0.1, 0.15) is 19.8 Å². The molecule has 0 saturated heterocycles. The largest absolute Gasteiger partial charge is 0.382 e. The molecule has 3 unspecified atom stereocenters. The van der Waals surface area contributed by atoms with Gasteiger partial charge in [0, 0.05) is 18.5 Å². The predicted molar refractivity (Wildman–Crippen MR) is 80.6 cm³/mol. The van der Waals surface area contributed by atoms with Gasteiger partial charge in [-0.1, -0.05) is 22.9 Å². The molecule has 20 heavy (non-hydrogen) atoms. The summed E-state index contributed by atoms with van der Waals surface area (Å²) in [6.07, 6.45) is 2.43. The fourth-order valence-corrected chi connectivity index (χ4v) is 2.74. The third-order valence-electron chi connectivity index (χ3n) is 3.06. The number of alkyl halides is 1. The summed E-state index contributed by atoms with van der Waals surface area (Å²) in [5, 5.41) is 0. The Morgan fingerprint density at radius 3 is 2.15 bits per heavy atom. The molecule has 0 aromatic heterocycles. The number of ether oxygens (including phenoxy) is 5. The maximum absolute atomic E-state index is 5.76. The van der Waals surface area contributed by atoms with Crippen LogP contribution in [0.15, 0.2) is 0 Å². The van der Waals surface area contributed by atoms with Gasteiger partial charge in [0.05, 0.1) is 51.8 Å². The van der Waals surface area contributed by atoms with Gasteiger partial charge in [0.2, 0.25) is 0 Å². The van der Waals surface area contributed by atoms with E-state index in [4.69, 9.17) is 23.7 Å². The Labute approximate surface area is 130 Å². The molecule has 6 heteroatoms. The van der Waals surface area contributed by atoms with E-state index in [0.29, 0.717) is 44.5 Å². The maximum Gasteiger partial charge on any atom is 0.0962 e. The average molecular weight is 355 g/mol. The zero-order valence-corrected chi connectivity index (χ0v) is 14.1. The average Bonchev–Trinajstić information content (AvgIpc) is 2.44. The minimum absolute atomic E-state index is 0.187. The lowest BCUT2D eigenvalue weighted by Gasteiger charge is -2.40. The monoisotopic (exact) mass is 354 g/mol. The van der Waals surface area contributed by atoms with E-state index in [1.165, 1.54) is 0 Å². The molecular formula is C14H27BrO5. The number of hydrogen-bond acceptors (Lipinski definition) is 5. The molecule has 0 aliphatic heterocycles. The Kier molecular flexibility index (Phi) is 10.9. The van der Waals surface area contributed by atoms with Gasteiger partial charge in [-0.05, 0) is 12.8 Å². The van der Waals surface area contributed by atoms with Crippen molar-refractivity contribution < 1.29 is 23.7 Å².